The van der Waals surface area contributed by atoms with Crippen LogP contribution in [-0.2, 0) is 42.8 Å². The van der Waals surface area contributed by atoms with E-state index >= 15 is 0 Å². The number of hydrogen-bond acceptors (Lipinski definition) is 20. The van der Waals surface area contributed by atoms with Crippen molar-refractivity contribution in [2.24, 2.45) is 0 Å². The number of hydrogen-bond donors (Lipinski definition) is 14. The number of rotatable bonds is 61. The summed E-state index contributed by atoms with van der Waals surface area (Å²) in [6.45, 7) is 2.21. The first-order valence-corrected chi connectivity index (χ1v) is 39.2. The van der Waals surface area contributed by atoms with Gasteiger partial charge in [-0.3, -0.25) is 9.59 Å². The summed E-state index contributed by atoms with van der Waals surface area (Å²) in [7, 11) is 0. The number of carbonyl (C=O) groups excluding carboxylic acids is 2. The van der Waals surface area contributed by atoms with E-state index in [1.54, 1.807) is 0 Å². The molecular weight excluding hydrogens is 1280 g/mol. The van der Waals surface area contributed by atoms with E-state index in [0.717, 1.165) is 64.7 Å². The predicted octanol–water partition coefficient (Wildman–Crippen LogP) is 9.57. The van der Waals surface area contributed by atoms with E-state index in [9.17, 15) is 75.7 Å². The van der Waals surface area contributed by atoms with Crippen LogP contribution >= 0.6 is 0 Å². The summed E-state index contributed by atoms with van der Waals surface area (Å²) in [6.07, 6.45) is 30.6. The van der Waals surface area contributed by atoms with Crippen LogP contribution in [0.2, 0.25) is 0 Å². The van der Waals surface area contributed by atoms with E-state index in [1.807, 2.05) is 0 Å². The average molecular weight is 1420 g/mol. The highest BCUT2D eigenvalue weighted by molar-refractivity contribution is 5.77. The fourth-order valence-electron chi connectivity index (χ4n) is 13.7. The van der Waals surface area contributed by atoms with Crippen molar-refractivity contribution in [2.75, 3.05) is 26.4 Å². The van der Waals surface area contributed by atoms with Crippen LogP contribution in [0, 0.1) is 0 Å². The third-order valence-corrected chi connectivity index (χ3v) is 19.9. The molecule has 99 heavy (non-hydrogen) atoms. The Labute approximate surface area is 594 Å². The topological polar surface area (TPSA) is 373 Å². The zero-order valence-corrected chi connectivity index (χ0v) is 61.1. The van der Waals surface area contributed by atoms with Gasteiger partial charge in [-0.1, -0.05) is 263 Å². The number of carboxylic acids is 1. The van der Waals surface area contributed by atoms with Gasteiger partial charge in [0, 0.05) is 19.8 Å². The standard InChI is InChI=1S/C76H140N2O21/c1-4-6-8-10-12-14-16-18-19-20-21-22-23-24-25-26-27-28-29-30-31-32-33-34-35-36-37-38-40-42-44-46-48-50-63(86)78-57(58(83)49-47-45-43-41-39-17-15-13-11-9-7-5-2)55-94-73-68(90)67(89)70(62(54-81)96-73)97-74-69(91)72(66(88)61(53-80)95-74)99-76(75(92)93)51-59(84)64(77-56(3)82)71(98-76)65(87)60(85)52-79/h21-22,24-25,57-62,64-74,79-81,83-85,87-91H,4-20,23,26-55H2,1-3H3,(H,77,82)(H,78,86)(H,92,93)/b22-21-,25-24-. The van der Waals surface area contributed by atoms with E-state index in [0.29, 0.717) is 19.3 Å². The first-order chi connectivity index (χ1) is 47.9. The Morgan fingerprint density at radius 2 is 0.970 bits per heavy atom. The van der Waals surface area contributed by atoms with Crippen molar-refractivity contribution in [2.45, 2.75) is 413 Å². The van der Waals surface area contributed by atoms with E-state index in [4.69, 9.17) is 28.4 Å². The van der Waals surface area contributed by atoms with Gasteiger partial charge in [-0.05, 0) is 44.9 Å². The number of ether oxygens (including phenoxy) is 6. The molecule has 580 valence electrons. The maximum atomic E-state index is 13.5. The molecule has 3 rings (SSSR count). The van der Waals surface area contributed by atoms with Crippen molar-refractivity contribution < 1.29 is 104 Å². The van der Waals surface area contributed by atoms with Crippen molar-refractivity contribution in [3.8, 4) is 0 Å². The Balaban J connectivity index is 1.44. The molecular formula is C76H140N2O21. The van der Waals surface area contributed by atoms with Crippen LogP contribution < -0.4 is 10.6 Å². The van der Waals surface area contributed by atoms with E-state index < -0.39 is 148 Å². The van der Waals surface area contributed by atoms with Crippen molar-refractivity contribution in [1.29, 1.82) is 0 Å². The summed E-state index contributed by atoms with van der Waals surface area (Å²) in [6, 6.07) is -2.53. The molecule has 3 saturated heterocycles. The normalized spacial score (nSPS) is 27.2. The fraction of sp³-hybridized carbons (Fsp3) is 0.908. The number of aliphatic hydroxyl groups excluding tert-OH is 11. The Morgan fingerprint density at radius 3 is 1.41 bits per heavy atom. The minimum atomic E-state index is -3.08. The van der Waals surface area contributed by atoms with E-state index in [1.165, 1.54) is 193 Å². The Kier molecular flexibility index (Phi) is 50.8. The van der Waals surface area contributed by atoms with Crippen molar-refractivity contribution in [3.63, 3.8) is 0 Å². The summed E-state index contributed by atoms with van der Waals surface area (Å²) in [5.41, 5.74) is 0. The first-order valence-electron chi connectivity index (χ1n) is 39.2. The van der Waals surface area contributed by atoms with Gasteiger partial charge in [0.05, 0.1) is 50.7 Å². The number of aliphatic carboxylic acids is 1. The molecule has 0 aromatic carbocycles. The summed E-state index contributed by atoms with van der Waals surface area (Å²) in [4.78, 5) is 38.6. The molecule has 18 atom stereocenters. The lowest BCUT2D eigenvalue weighted by Crippen LogP contribution is -2.70. The number of aliphatic hydroxyl groups is 11. The molecule has 0 bridgehead atoms. The molecule has 3 heterocycles. The lowest BCUT2D eigenvalue weighted by molar-refractivity contribution is -0.386. The second kappa shape index (κ2) is 55.7. The van der Waals surface area contributed by atoms with Crippen LogP contribution in [0.15, 0.2) is 24.3 Å². The first kappa shape index (κ1) is 90.4. The number of unbranched alkanes of at least 4 members (excludes halogenated alkanes) is 37. The quantitative estimate of drug-likeness (QED) is 0.0199. The van der Waals surface area contributed by atoms with Crippen LogP contribution in [0.3, 0.4) is 0 Å². The third kappa shape index (κ3) is 36.7. The average Bonchev–Trinajstić information content (AvgIpc) is 0.756. The molecule has 23 heteroatoms. The molecule has 0 aromatic rings. The number of carbonyl (C=O) groups is 3. The van der Waals surface area contributed by atoms with Crippen LogP contribution in [0.4, 0.5) is 0 Å². The van der Waals surface area contributed by atoms with Crippen LogP contribution in [0.25, 0.3) is 0 Å². The van der Waals surface area contributed by atoms with Crippen LogP contribution in [-0.4, -0.2) is 215 Å². The Morgan fingerprint density at radius 1 is 0.525 bits per heavy atom. The van der Waals surface area contributed by atoms with Crippen molar-refractivity contribution in [3.05, 3.63) is 24.3 Å². The molecule has 3 aliphatic rings. The third-order valence-electron chi connectivity index (χ3n) is 19.9. The number of allylic oxidation sites excluding steroid dienone is 4. The molecule has 23 nitrogen and oxygen atoms in total. The molecule has 0 aliphatic carbocycles. The van der Waals surface area contributed by atoms with Gasteiger partial charge < -0.3 is 100 Å². The van der Waals surface area contributed by atoms with Crippen LogP contribution in [0.1, 0.15) is 303 Å². The number of amides is 2. The van der Waals surface area contributed by atoms with Crippen molar-refractivity contribution in [1.82, 2.24) is 10.6 Å². The monoisotopic (exact) mass is 1420 g/mol. The van der Waals surface area contributed by atoms with Gasteiger partial charge in [0.1, 0.15) is 67.1 Å². The zero-order chi connectivity index (χ0) is 72.5. The molecule has 18 unspecified atom stereocenters. The van der Waals surface area contributed by atoms with Gasteiger partial charge in [0.2, 0.25) is 11.8 Å². The second-order valence-electron chi connectivity index (χ2n) is 28.6. The van der Waals surface area contributed by atoms with E-state index in [-0.39, 0.29) is 18.9 Å². The van der Waals surface area contributed by atoms with Gasteiger partial charge >= 0.3 is 5.97 Å². The predicted molar refractivity (Wildman–Crippen MR) is 380 cm³/mol. The molecule has 3 aliphatic heterocycles. The number of nitrogens with one attached hydrogen (secondary N) is 2. The summed E-state index contributed by atoms with van der Waals surface area (Å²) in [5.74, 6) is -6.10. The summed E-state index contributed by atoms with van der Waals surface area (Å²) < 4.78 is 34.9. The van der Waals surface area contributed by atoms with Gasteiger partial charge in [0.25, 0.3) is 5.79 Å². The SMILES string of the molecule is CCCCCCCCCCC/C=C\C/C=C\CCCCCCCCCCCCCCCCCCCC(=O)NC(COC1OC(CO)C(OC2OC(CO)C(O)C(OC3(C(=O)O)CC(O)C(NC(C)=O)C(C(O)C(O)CO)O3)C2O)C(O)C1O)C(O)CCCCCCCCCCCCCC. The summed E-state index contributed by atoms with van der Waals surface area (Å²) in [5, 5.41) is 136. The fourth-order valence-corrected chi connectivity index (χ4v) is 13.7. The van der Waals surface area contributed by atoms with Crippen LogP contribution in [0.5, 0.6) is 0 Å². The van der Waals surface area contributed by atoms with Gasteiger partial charge in [-0.15, -0.1) is 0 Å². The smallest absolute Gasteiger partial charge is 0.364 e. The van der Waals surface area contributed by atoms with Gasteiger partial charge in [-0.25, -0.2) is 4.79 Å². The molecule has 0 aromatic heterocycles. The highest BCUT2D eigenvalue weighted by Gasteiger charge is 2.60. The van der Waals surface area contributed by atoms with Gasteiger partial charge in [-0.2, -0.15) is 0 Å². The number of carboxylic acid groups (broad SMARTS) is 1. The Hall–Kier alpha value is -2.79. The maximum absolute atomic E-state index is 13.5. The summed E-state index contributed by atoms with van der Waals surface area (Å²) >= 11 is 0. The largest absolute Gasteiger partial charge is 0.477 e. The Bertz CT molecular complexity index is 2080. The van der Waals surface area contributed by atoms with Gasteiger partial charge in [0.15, 0.2) is 12.6 Å². The molecule has 2 amide bonds. The highest BCUT2D eigenvalue weighted by atomic mass is 16.8. The minimum Gasteiger partial charge on any atom is -0.477 e. The zero-order valence-electron chi connectivity index (χ0n) is 61.1. The second-order valence-corrected chi connectivity index (χ2v) is 28.6. The molecule has 3 fully saturated rings. The molecule has 14 N–H and O–H groups in total. The molecule has 0 saturated carbocycles. The molecule has 0 spiro atoms. The maximum Gasteiger partial charge on any atom is 0.364 e. The molecule has 0 radical (unpaired) electrons. The lowest BCUT2D eigenvalue weighted by atomic mass is 9.88. The lowest BCUT2D eigenvalue weighted by Gasteiger charge is -2.50. The van der Waals surface area contributed by atoms with E-state index in [2.05, 4.69) is 48.8 Å². The van der Waals surface area contributed by atoms with Crippen molar-refractivity contribution >= 4 is 17.8 Å². The highest BCUT2D eigenvalue weighted by Crippen LogP contribution is 2.39. The minimum absolute atomic E-state index is 0.225.